The van der Waals surface area contributed by atoms with Gasteiger partial charge in [-0.1, -0.05) is 5.16 Å². The van der Waals surface area contributed by atoms with E-state index in [0.717, 1.165) is 18.8 Å². The van der Waals surface area contributed by atoms with Gasteiger partial charge in [0.25, 0.3) is 0 Å². The highest BCUT2D eigenvalue weighted by Gasteiger charge is 2.23. The topological polar surface area (TPSA) is 90.2 Å². The highest BCUT2D eigenvalue weighted by molar-refractivity contribution is 5.67. The molecule has 0 unspecified atom stereocenters. The van der Waals surface area contributed by atoms with Gasteiger partial charge in [-0.25, -0.2) is 4.79 Å². The van der Waals surface area contributed by atoms with E-state index >= 15 is 0 Å². The van der Waals surface area contributed by atoms with Crippen LogP contribution in [0.2, 0.25) is 0 Å². The Bertz CT molecular complexity index is 726. The Balaban J connectivity index is 1.43. The van der Waals surface area contributed by atoms with E-state index in [4.69, 9.17) is 18.7 Å². The lowest BCUT2D eigenvalue weighted by Gasteiger charge is -2.33. The standard InChI is InChI=1S/C18H24N4O5/c1-3-25-18(23)22-10-8-21(9-11-22)12-17-19-16(20-27-17)13-26-15-6-4-14(24-2)5-7-15/h4-7H,3,8-13H2,1-2H3. The molecule has 2 heterocycles. The van der Waals surface area contributed by atoms with Crippen LogP contribution in [0.3, 0.4) is 0 Å². The predicted octanol–water partition coefficient (Wildman–Crippen LogP) is 1.93. The molecular formula is C18H24N4O5. The van der Waals surface area contributed by atoms with Gasteiger partial charge in [0.2, 0.25) is 11.7 Å². The van der Waals surface area contributed by atoms with E-state index < -0.39 is 0 Å². The quantitative estimate of drug-likeness (QED) is 0.724. The summed E-state index contributed by atoms with van der Waals surface area (Å²) in [6.45, 7) is 5.69. The van der Waals surface area contributed by atoms with Crippen LogP contribution in [0.15, 0.2) is 28.8 Å². The summed E-state index contributed by atoms with van der Waals surface area (Å²) >= 11 is 0. The van der Waals surface area contributed by atoms with Gasteiger partial charge in [0.15, 0.2) is 6.61 Å². The van der Waals surface area contributed by atoms with Crippen LogP contribution in [0.25, 0.3) is 0 Å². The Morgan fingerprint density at radius 2 is 1.85 bits per heavy atom. The van der Waals surface area contributed by atoms with Crippen molar-refractivity contribution >= 4 is 6.09 Å². The first kappa shape index (κ1) is 19.0. The lowest BCUT2D eigenvalue weighted by Crippen LogP contribution is -2.48. The lowest BCUT2D eigenvalue weighted by molar-refractivity contribution is 0.0749. The average Bonchev–Trinajstić information content (AvgIpc) is 3.15. The van der Waals surface area contributed by atoms with E-state index in [0.29, 0.717) is 43.7 Å². The third-order valence-electron chi connectivity index (χ3n) is 4.19. The number of methoxy groups -OCH3 is 1. The second kappa shape index (κ2) is 9.22. The molecule has 1 saturated heterocycles. The minimum atomic E-state index is -0.257. The van der Waals surface area contributed by atoms with Crippen molar-refractivity contribution in [3.05, 3.63) is 36.0 Å². The van der Waals surface area contributed by atoms with Crippen molar-refractivity contribution in [2.75, 3.05) is 39.9 Å². The van der Waals surface area contributed by atoms with Crippen molar-refractivity contribution in [3.8, 4) is 11.5 Å². The van der Waals surface area contributed by atoms with Crippen LogP contribution in [0, 0.1) is 0 Å². The van der Waals surface area contributed by atoms with Crippen LogP contribution in [-0.4, -0.2) is 65.9 Å². The minimum Gasteiger partial charge on any atom is -0.497 e. The zero-order valence-corrected chi connectivity index (χ0v) is 15.6. The Morgan fingerprint density at radius 3 is 2.52 bits per heavy atom. The fraction of sp³-hybridized carbons (Fsp3) is 0.500. The SMILES string of the molecule is CCOC(=O)N1CCN(Cc2nc(COc3ccc(OC)cc3)no2)CC1. The molecule has 27 heavy (non-hydrogen) atoms. The van der Waals surface area contributed by atoms with Crippen LogP contribution >= 0.6 is 0 Å². The molecule has 9 heteroatoms. The molecule has 3 rings (SSSR count). The molecule has 1 amide bonds. The molecule has 1 aliphatic heterocycles. The molecule has 0 radical (unpaired) electrons. The molecule has 0 saturated carbocycles. The number of nitrogens with zero attached hydrogens (tertiary/aromatic N) is 4. The van der Waals surface area contributed by atoms with E-state index in [1.807, 2.05) is 24.3 Å². The van der Waals surface area contributed by atoms with Gasteiger partial charge in [-0.2, -0.15) is 4.98 Å². The number of benzene rings is 1. The monoisotopic (exact) mass is 376 g/mol. The van der Waals surface area contributed by atoms with Gasteiger partial charge < -0.3 is 23.6 Å². The van der Waals surface area contributed by atoms with Gasteiger partial charge in [0.1, 0.15) is 11.5 Å². The Morgan fingerprint density at radius 1 is 1.15 bits per heavy atom. The third-order valence-corrected chi connectivity index (χ3v) is 4.19. The number of ether oxygens (including phenoxy) is 3. The molecule has 0 spiro atoms. The number of hydrogen-bond donors (Lipinski definition) is 0. The molecule has 1 fully saturated rings. The number of carbonyl (C=O) groups is 1. The van der Waals surface area contributed by atoms with Crippen molar-refractivity contribution in [2.45, 2.75) is 20.1 Å². The van der Waals surface area contributed by atoms with Crippen molar-refractivity contribution in [1.82, 2.24) is 19.9 Å². The molecule has 0 bridgehead atoms. The van der Waals surface area contributed by atoms with Crippen LogP contribution < -0.4 is 9.47 Å². The largest absolute Gasteiger partial charge is 0.497 e. The molecule has 1 aromatic carbocycles. The number of piperazine rings is 1. The number of rotatable bonds is 7. The Hall–Kier alpha value is -2.81. The normalized spacial score (nSPS) is 14.8. The van der Waals surface area contributed by atoms with Crippen molar-refractivity contribution < 1.29 is 23.5 Å². The summed E-state index contributed by atoms with van der Waals surface area (Å²) in [6.07, 6.45) is -0.257. The summed E-state index contributed by atoms with van der Waals surface area (Å²) < 4.78 is 21.1. The smallest absolute Gasteiger partial charge is 0.409 e. The summed E-state index contributed by atoms with van der Waals surface area (Å²) in [7, 11) is 1.62. The van der Waals surface area contributed by atoms with E-state index in [1.165, 1.54) is 0 Å². The predicted molar refractivity (Wildman–Crippen MR) is 95.5 cm³/mol. The van der Waals surface area contributed by atoms with E-state index in [2.05, 4.69) is 15.0 Å². The molecule has 146 valence electrons. The molecule has 0 atom stereocenters. The highest BCUT2D eigenvalue weighted by atomic mass is 16.6. The maximum Gasteiger partial charge on any atom is 0.409 e. The number of hydrogen-bond acceptors (Lipinski definition) is 8. The average molecular weight is 376 g/mol. The highest BCUT2D eigenvalue weighted by Crippen LogP contribution is 2.18. The van der Waals surface area contributed by atoms with Gasteiger partial charge in [-0.05, 0) is 31.2 Å². The molecule has 1 aromatic heterocycles. The van der Waals surface area contributed by atoms with Crippen molar-refractivity contribution in [2.24, 2.45) is 0 Å². The van der Waals surface area contributed by atoms with Crippen LogP contribution in [0.5, 0.6) is 11.5 Å². The van der Waals surface area contributed by atoms with Crippen LogP contribution in [-0.2, 0) is 17.9 Å². The summed E-state index contributed by atoms with van der Waals surface area (Å²) in [4.78, 5) is 20.0. The molecule has 0 aliphatic carbocycles. The maximum atomic E-state index is 11.7. The summed E-state index contributed by atoms with van der Waals surface area (Å²) in [5.41, 5.74) is 0. The first-order valence-electron chi connectivity index (χ1n) is 8.90. The summed E-state index contributed by atoms with van der Waals surface area (Å²) in [6, 6.07) is 7.30. The summed E-state index contributed by atoms with van der Waals surface area (Å²) in [5.74, 6) is 2.50. The Kier molecular flexibility index (Phi) is 6.48. The van der Waals surface area contributed by atoms with Gasteiger partial charge in [0, 0.05) is 26.2 Å². The van der Waals surface area contributed by atoms with Crippen molar-refractivity contribution in [1.29, 1.82) is 0 Å². The molecular weight excluding hydrogens is 352 g/mol. The fourth-order valence-corrected chi connectivity index (χ4v) is 2.73. The van der Waals surface area contributed by atoms with Crippen LogP contribution in [0.4, 0.5) is 4.79 Å². The van der Waals surface area contributed by atoms with Gasteiger partial charge in [-0.3, -0.25) is 4.90 Å². The van der Waals surface area contributed by atoms with Gasteiger partial charge in [0.05, 0.1) is 20.3 Å². The van der Waals surface area contributed by atoms with Gasteiger partial charge in [-0.15, -0.1) is 0 Å². The second-order valence-corrected chi connectivity index (χ2v) is 6.03. The van der Waals surface area contributed by atoms with Crippen LogP contribution in [0.1, 0.15) is 18.6 Å². The summed E-state index contributed by atoms with van der Waals surface area (Å²) in [5, 5.41) is 3.95. The third kappa shape index (κ3) is 5.33. The number of carbonyl (C=O) groups excluding carboxylic acids is 1. The van der Waals surface area contributed by atoms with E-state index in [-0.39, 0.29) is 12.7 Å². The minimum absolute atomic E-state index is 0.229. The Labute approximate surface area is 157 Å². The zero-order valence-electron chi connectivity index (χ0n) is 15.6. The van der Waals surface area contributed by atoms with Crippen molar-refractivity contribution in [3.63, 3.8) is 0 Å². The van der Waals surface area contributed by atoms with E-state index in [1.54, 1.807) is 18.9 Å². The van der Waals surface area contributed by atoms with Gasteiger partial charge >= 0.3 is 6.09 Å². The first-order valence-corrected chi connectivity index (χ1v) is 8.90. The second-order valence-electron chi connectivity index (χ2n) is 6.03. The number of amides is 1. The molecule has 9 nitrogen and oxygen atoms in total. The fourth-order valence-electron chi connectivity index (χ4n) is 2.73. The molecule has 1 aliphatic rings. The lowest BCUT2D eigenvalue weighted by atomic mass is 10.3. The number of aromatic nitrogens is 2. The molecule has 0 N–H and O–H groups in total. The maximum absolute atomic E-state index is 11.7. The zero-order chi connectivity index (χ0) is 19.1. The first-order chi connectivity index (χ1) is 13.2. The molecule has 2 aromatic rings. The van der Waals surface area contributed by atoms with E-state index in [9.17, 15) is 4.79 Å².